The van der Waals surface area contributed by atoms with Gasteiger partial charge in [-0.25, -0.2) is 0 Å². The Balaban J connectivity index is 1.70. The van der Waals surface area contributed by atoms with Crippen molar-refractivity contribution >= 4 is 6.21 Å². The van der Waals surface area contributed by atoms with Crippen molar-refractivity contribution in [1.82, 2.24) is 0 Å². The maximum absolute atomic E-state index is 5.95. The van der Waals surface area contributed by atoms with Crippen molar-refractivity contribution in [1.29, 1.82) is 0 Å². The minimum Gasteiger partial charge on any atom is -0.376 e. The van der Waals surface area contributed by atoms with Gasteiger partial charge < -0.3 is 4.74 Å². The van der Waals surface area contributed by atoms with Gasteiger partial charge in [-0.3, -0.25) is 4.99 Å². The molecule has 1 fully saturated rings. The highest BCUT2D eigenvalue weighted by molar-refractivity contribution is 5.79. The van der Waals surface area contributed by atoms with E-state index in [1.807, 2.05) is 12.3 Å². The van der Waals surface area contributed by atoms with Gasteiger partial charge in [0.1, 0.15) is 0 Å². The Kier molecular flexibility index (Phi) is 6.26. The minimum absolute atomic E-state index is 0.0147. The largest absolute Gasteiger partial charge is 0.376 e. The van der Waals surface area contributed by atoms with E-state index < -0.39 is 0 Å². The predicted octanol–water partition coefficient (Wildman–Crippen LogP) is 5.79. The predicted molar refractivity (Wildman–Crippen MR) is 110 cm³/mol. The summed E-state index contributed by atoms with van der Waals surface area (Å²) in [4.78, 5) is 4.70. The molecule has 0 N–H and O–H groups in total. The molecule has 0 bridgehead atoms. The lowest BCUT2D eigenvalue weighted by Gasteiger charge is -2.39. The van der Waals surface area contributed by atoms with Crippen LogP contribution in [0.15, 0.2) is 59.6 Å². The lowest BCUT2D eigenvalue weighted by Crippen LogP contribution is -2.36. The third-order valence-electron chi connectivity index (χ3n) is 5.42. The van der Waals surface area contributed by atoms with Crippen LogP contribution < -0.4 is 0 Å². The van der Waals surface area contributed by atoms with E-state index in [0.717, 1.165) is 32.4 Å². The zero-order chi connectivity index (χ0) is 18.4. The van der Waals surface area contributed by atoms with Crippen molar-refractivity contribution in [3.8, 4) is 0 Å². The third kappa shape index (κ3) is 5.28. The van der Waals surface area contributed by atoms with Crippen molar-refractivity contribution in [2.75, 3.05) is 13.2 Å². The van der Waals surface area contributed by atoms with Crippen LogP contribution in [-0.2, 0) is 4.74 Å². The molecule has 0 radical (unpaired) electrons. The Bertz CT molecular complexity index is 703. The lowest BCUT2D eigenvalue weighted by atomic mass is 9.75. The molecule has 0 saturated carbocycles. The second-order valence-electron chi connectivity index (χ2n) is 8.11. The van der Waals surface area contributed by atoms with E-state index >= 15 is 0 Å². The molecule has 0 spiro atoms. The Morgan fingerprint density at radius 2 is 1.85 bits per heavy atom. The second kappa shape index (κ2) is 8.64. The molecular weight excluding hydrogens is 318 g/mol. The molecule has 2 nitrogen and oxygen atoms in total. The summed E-state index contributed by atoms with van der Waals surface area (Å²) in [6.45, 7) is 8.33. The molecule has 1 aliphatic heterocycles. The number of hydrogen-bond acceptors (Lipinski definition) is 2. The number of hydrogen-bond donors (Lipinski definition) is 0. The summed E-state index contributed by atoms with van der Waals surface area (Å²) < 4.78 is 5.95. The topological polar surface area (TPSA) is 21.6 Å². The number of benzene rings is 2. The molecule has 1 aliphatic rings. The Morgan fingerprint density at radius 1 is 1.12 bits per heavy atom. The molecule has 3 rings (SSSR count). The van der Waals surface area contributed by atoms with Crippen LogP contribution in [-0.4, -0.2) is 25.0 Å². The van der Waals surface area contributed by atoms with Gasteiger partial charge in [-0.05, 0) is 63.0 Å². The van der Waals surface area contributed by atoms with E-state index in [1.165, 1.54) is 16.7 Å². The average Bonchev–Trinajstić information content (AvgIpc) is 2.63. The van der Waals surface area contributed by atoms with Gasteiger partial charge in [0.2, 0.25) is 0 Å². The summed E-state index contributed by atoms with van der Waals surface area (Å²) in [5, 5.41) is 0. The summed E-state index contributed by atoms with van der Waals surface area (Å²) in [5.74, 6) is 1.21. The van der Waals surface area contributed by atoms with Gasteiger partial charge in [0.15, 0.2) is 0 Å². The maximum atomic E-state index is 5.95. The van der Waals surface area contributed by atoms with Gasteiger partial charge in [-0.15, -0.1) is 0 Å². The summed E-state index contributed by atoms with van der Waals surface area (Å²) in [6, 6.07) is 19.4. The third-order valence-corrected chi connectivity index (χ3v) is 5.42. The molecule has 0 aliphatic carbocycles. The van der Waals surface area contributed by atoms with Crippen molar-refractivity contribution in [3.05, 3.63) is 71.3 Å². The van der Waals surface area contributed by atoms with E-state index in [4.69, 9.17) is 9.73 Å². The summed E-state index contributed by atoms with van der Waals surface area (Å²) in [7, 11) is 0. The molecule has 2 aromatic carbocycles. The van der Waals surface area contributed by atoms with Crippen LogP contribution in [0, 0.1) is 12.8 Å². The van der Waals surface area contributed by atoms with Crippen molar-refractivity contribution < 1.29 is 4.74 Å². The molecule has 2 atom stereocenters. The highest BCUT2D eigenvalue weighted by Gasteiger charge is 2.33. The van der Waals surface area contributed by atoms with Gasteiger partial charge in [-0.2, -0.15) is 0 Å². The van der Waals surface area contributed by atoms with Gasteiger partial charge in [-0.1, -0.05) is 60.2 Å². The van der Waals surface area contributed by atoms with E-state index in [0.29, 0.717) is 11.8 Å². The normalized spacial score (nSPS) is 21.0. The number of nitrogens with zero attached hydrogens (tertiary/aromatic N) is 1. The zero-order valence-electron chi connectivity index (χ0n) is 16.3. The summed E-state index contributed by atoms with van der Waals surface area (Å²) in [6.07, 6.45) is 5.35. The first-order valence-electron chi connectivity index (χ1n) is 9.79. The SMILES string of the molecule is Cc1ccc([C@@H](CCN=Cc2ccccc2)[C@H]2CCOC(C)(C)C2)cc1. The monoisotopic (exact) mass is 349 g/mol. The molecule has 1 heterocycles. The molecule has 26 heavy (non-hydrogen) atoms. The molecule has 0 unspecified atom stereocenters. The first kappa shape index (κ1) is 18.8. The van der Waals surface area contributed by atoms with Crippen LogP contribution in [0.3, 0.4) is 0 Å². The summed E-state index contributed by atoms with van der Waals surface area (Å²) >= 11 is 0. The van der Waals surface area contributed by atoms with Gasteiger partial charge >= 0.3 is 0 Å². The van der Waals surface area contributed by atoms with Crippen LogP contribution in [0.2, 0.25) is 0 Å². The number of rotatable bonds is 6. The molecule has 2 heteroatoms. The van der Waals surface area contributed by atoms with Crippen molar-refractivity contribution in [2.45, 2.75) is 51.6 Å². The van der Waals surface area contributed by atoms with E-state index in [-0.39, 0.29) is 5.60 Å². The molecule has 0 aromatic heterocycles. The molecular formula is C24H31NO. The van der Waals surface area contributed by atoms with Gasteiger partial charge in [0.25, 0.3) is 0 Å². The van der Waals surface area contributed by atoms with Gasteiger partial charge in [0.05, 0.1) is 5.60 Å². The average molecular weight is 350 g/mol. The molecule has 1 saturated heterocycles. The first-order valence-corrected chi connectivity index (χ1v) is 9.79. The fraction of sp³-hybridized carbons (Fsp3) is 0.458. The highest BCUT2D eigenvalue weighted by atomic mass is 16.5. The molecule has 0 amide bonds. The fourth-order valence-electron chi connectivity index (χ4n) is 4.03. The highest BCUT2D eigenvalue weighted by Crippen LogP contribution is 2.40. The first-order chi connectivity index (χ1) is 12.5. The number of aryl methyl sites for hydroxylation is 1. The van der Waals surface area contributed by atoms with Gasteiger partial charge in [0, 0.05) is 19.4 Å². The van der Waals surface area contributed by atoms with E-state index in [2.05, 4.69) is 69.3 Å². The maximum Gasteiger partial charge on any atom is 0.0629 e. The zero-order valence-corrected chi connectivity index (χ0v) is 16.3. The number of ether oxygens (including phenoxy) is 1. The lowest BCUT2D eigenvalue weighted by molar-refractivity contribution is -0.0771. The molecule has 138 valence electrons. The Hall–Kier alpha value is -1.93. The molecule has 2 aromatic rings. The Labute approximate surface area is 158 Å². The Morgan fingerprint density at radius 3 is 2.54 bits per heavy atom. The minimum atomic E-state index is -0.0147. The van der Waals surface area contributed by atoms with Crippen molar-refractivity contribution in [2.24, 2.45) is 10.9 Å². The second-order valence-corrected chi connectivity index (χ2v) is 8.11. The van der Waals surface area contributed by atoms with E-state index in [1.54, 1.807) is 0 Å². The smallest absolute Gasteiger partial charge is 0.0629 e. The quantitative estimate of drug-likeness (QED) is 0.605. The summed E-state index contributed by atoms with van der Waals surface area (Å²) in [5.41, 5.74) is 3.93. The van der Waals surface area contributed by atoms with Crippen LogP contribution in [0.1, 0.15) is 55.7 Å². The van der Waals surface area contributed by atoms with Crippen LogP contribution >= 0.6 is 0 Å². The fourth-order valence-corrected chi connectivity index (χ4v) is 4.03. The number of aliphatic imine (C=N–C) groups is 1. The van der Waals surface area contributed by atoms with Crippen LogP contribution in [0.5, 0.6) is 0 Å². The van der Waals surface area contributed by atoms with Crippen LogP contribution in [0.25, 0.3) is 0 Å². The standard InChI is InChI=1S/C24H31NO/c1-19-9-11-21(12-10-19)23(22-14-16-26-24(2,3)17-22)13-15-25-18-20-7-5-4-6-8-20/h4-12,18,22-23H,13-17H2,1-3H3/t22-,23+/m0/s1. The van der Waals surface area contributed by atoms with Crippen LogP contribution in [0.4, 0.5) is 0 Å². The van der Waals surface area contributed by atoms with Crippen molar-refractivity contribution in [3.63, 3.8) is 0 Å². The van der Waals surface area contributed by atoms with E-state index in [9.17, 15) is 0 Å².